The molecule has 2 rings (SSSR count). The zero-order valence-corrected chi connectivity index (χ0v) is 10.4. The van der Waals surface area contributed by atoms with Crippen molar-refractivity contribution in [3.05, 3.63) is 22.5 Å². The molecule has 0 spiro atoms. The fourth-order valence-electron chi connectivity index (χ4n) is 1.28. The standard InChI is InChI=1S/C10H12N4O2S/c1-3-4-7-12-13-10(17-7)11-9(15)8-6(2)5-16-14-8/h5H,3-4H2,1-2H3,(H,11,13,15). The lowest BCUT2D eigenvalue weighted by molar-refractivity contribution is 0.101. The van der Waals surface area contributed by atoms with E-state index in [9.17, 15) is 4.79 Å². The van der Waals surface area contributed by atoms with E-state index in [4.69, 9.17) is 4.52 Å². The number of carbonyl (C=O) groups is 1. The molecule has 0 atom stereocenters. The summed E-state index contributed by atoms with van der Waals surface area (Å²) in [7, 11) is 0. The molecular weight excluding hydrogens is 240 g/mol. The number of rotatable bonds is 4. The number of anilines is 1. The van der Waals surface area contributed by atoms with Crippen LogP contribution in [0.1, 0.15) is 34.4 Å². The van der Waals surface area contributed by atoms with Gasteiger partial charge in [0.15, 0.2) is 5.69 Å². The predicted molar refractivity (Wildman–Crippen MR) is 63.1 cm³/mol. The molecule has 0 fully saturated rings. The van der Waals surface area contributed by atoms with Crippen LogP contribution >= 0.6 is 11.3 Å². The van der Waals surface area contributed by atoms with Gasteiger partial charge in [0.2, 0.25) is 5.13 Å². The summed E-state index contributed by atoms with van der Waals surface area (Å²) in [6, 6.07) is 0. The van der Waals surface area contributed by atoms with E-state index in [0.717, 1.165) is 17.8 Å². The molecule has 0 aliphatic heterocycles. The molecular formula is C10H12N4O2S. The SMILES string of the molecule is CCCc1nnc(NC(=O)c2nocc2C)s1. The van der Waals surface area contributed by atoms with Crippen molar-refractivity contribution < 1.29 is 9.32 Å². The zero-order valence-electron chi connectivity index (χ0n) is 9.56. The van der Waals surface area contributed by atoms with Crippen LogP contribution in [0.5, 0.6) is 0 Å². The van der Waals surface area contributed by atoms with E-state index in [1.807, 2.05) is 0 Å². The number of nitrogens with zero attached hydrogens (tertiary/aromatic N) is 3. The third-order valence-corrected chi connectivity index (χ3v) is 3.01. The minimum atomic E-state index is -0.324. The molecule has 0 aliphatic carbocycles. The molecule has 0 unspecified atom stereocenters. The van der Waals surface area contributed by atoms with E-state index >= 15 is 0 Å². The van der Waals surface area contributed by atoms with Crippen LogP contribution in [-0.4, -0.2) is 21.3 Å². The lowest BCUT2D eigenvalue weighted by atomic mass is 10.3. The van der Waals surface area contributed by atoms with Crippen molar-refractivity contribution in [3.63, 3.8) is 0 Å². The summed E-state index contributed by atoms with van der Waals surface area (Å²) in [5.41, 5.74) is 0.970. The number of aromatic nitrogens is 3. The summed E-state index contributed by atoms with van der Waals surface area (Å²) in [6.07, 6.45) is 3.30. The van der Waals surface area contributed by atoms with Crippen molar-refractivity contribution in [1.29, 1.82) is 0 Å². The Morgan fingerprint density at radius 1 is 1.53 bits per heavy atom. The smallest absolute Gasteiger partial charge is 0.279 e. The lowest BCUT2D eigenvalue weighted by Gasteiger charge is -1.96. The number of amides is 1. The highest BCUT2D eigenvalue weighted by molar-refractivity contribution is 7.15. The van der Waals surface area contributed by atoms with E-state index in [-0.39, 0.29) is 11.6 Å². The highest BCUT2D eigenvalue weighted by Crippen LogP contribution is 2.17. The Morgan fingerprint density at radius 2 is 2.35 bits per heavy atom. The Morgan fingerprint density at radius 3 is 3.00 bits per heavy atom. The van der Waals surface area contributed by atoms with Crippen molar-refractivity contribution in [1.82, 2.24) is 15.4 Å². The van der Waals surface area contributed by atoms with Crippen molar-refractivity contribution in [2.24, 2.45) is 0 Å². The molecule has 2 heterocycles. The highest BCUT2D eigenvalue weighted by atomic mass is 32.1. The van der Waals surface area contributed by atoms with E-state index in [1.165, 1.54) is 17.6 Å². The molecule has 0 saturated carbocycles. The van der Waals surface area contributed by atoms with Crippen LogP contribution in [-0.2, 0) is 6.42 Å². The Balaban J connectivity index is 2.05. The largest absolute Gasteiger partial charge is 0.364 e. The predicted octanol–water partition coefficient (Wildman–Crippen LogP) is 2.04. The quantitative estimate of drug-likeness (QED) is 0.900. The molecule has 1 N–H and O–H groups in total. The summed E-state index contributed by atoms with van der Waals surface area (Å²) in [4.78, 5) is 11.8. The molecule has 6 nitrogen and oxygen atoms in total. The molecule has 7 heteroatoms. The Hall–Kier alpha value is -1.76. The molecule has 0 radical (unpaired) electrons. The molecule has 0 bridgehead atoms. The van der Waals surface area contributed by atoms with E-state index in [0.29, 0.717) is 10.7 Å². The summed E-state index contributed by atoms with van der Waals surface area (Å²) in [6.45, 7) is 3.83. The third kappa shape index (κ3) is 2.68. The second kappa shape index (κ2) is 5.05. The van der Waals surface area contributed by atoms with Gasteiger partial charge in [-0.1, -0.05) is 23.4 Å². The van der Waals surface area contributed by atoms with Crippen LogP contribution in [0.15, 0.2) is 10.8 Å². The minimum Gasteiger partial charge on any atom is -0.364 e. The summed E-state index contributed by atoms with van der Waals surface area (Å²) >= 11 is 1.38. The topological polar surface area (TPSA) is 80.9 Å². The van der Waals surface area contributed by atoms with Crippen LogP contribution in [0.4, 0.5) is 5.13 Å². The molecule has 1 amide bonds. The molecule has 0 aromatic carbocycles. The Kier molecular flexibility index (Phi) is 3.48. The van der Waals surface area contributed by atoms with Gasteiger partial charge in [-0.2, -0.15) is 0 Å². The van der Waals surface area contributed by atoms with Gasteiger partial charge < -0.3 is 4.52 Å². The second-order valence-electron chi connectivity index (χ2n) is 3.55. The van der Waals surface area contributed by atoms with Gasteiger partial charge in [0.25, 0.3) is 5.91 Å². The molecule has 0 saturated heterocycles. The van der Waals surface area contributed by atoms with Crippen molar-refractivity contribution in [2.75, 3.05) is 5.32 Å². The lowest BCUT2D eigenvalue weighted by Crippen LogP contribution is -2.13. The van der Waals surface area contributed by atoms with Gasteiger partial charge in [-0.25, -0.2) is 0 Å². The maximum absolute atomic E-state index is 11.8. The number of carbonyl (C=O) groups excluding carboxylic acids is 1. The average Bonchev–Trinajstić information content (AvgIpc) is 2.88. The number of hydrogen-bond donors (Lipinski definition) is 1. The van der Waals surface area contributed by atoms with Gasteiger partial charge in [0.1, 0.15) is 11.3 Å². The Bertz CT molecular complexity index is 520. The molecule has 2 aromatic heterocycles. The number of hydrogen-bond acceptors (Lipinski definition) is 6. The van der Waals surface area contributed by atoms with Gasteiger partial charge in [-0.3, -0.25) is 10.1 Å². The Labute approximate surface area is 102 Å². The van der Waals surface area contributed by atoms with Crippen LogP contribution in [0.25, 0.3) is 0 Å². The van der Waals surface area contributed by atoms with Gasteiger partial charge in [0, 0.05) is 12.0 Å². The fraction of sp³-hybridized carbons (Fsp3) is 0.400. The summed E-state index contributed by atoms with van der Waals surface area (Å²) in [5, 5.41) is 15.5. The van der Waals surface area contributed by atoms with E-state index < -0.39 is 0 Å². The van der Waals surface area contributed by atoms with Gasteiger partial charge in [-0.15, -0.1) is 10.2 Å². The van der Waals surface area contributed by atoms with Gasteiger partial charge in [0.05, 0.1) is 0 Å². The average molecular weight is 252 g/mol. The van der Waals surface area contributed by atoms with E-state index in [2.05, 4.69) is 27.6 Å². The second-order valence-corrected chi connectivity index (χ2v) is 4.61. The first-order valence-electron chi connectivity index (χ1n) is 5.25. The number of aryl methyl sites for hydroxylation is 2. The van der Waals surface area contributed by atoms with Crippen LogP contribution in [0.2, 0.25) is 0 Å². The zero-order chi connectivity index (χ0) is 12.3. The fourth-order valence-corrected chi connectivity index (χ4v) is 2.12. The van der Waals surface area contributed by atoms with Gasteiger partial charge in [-0.05, 0) is 13.3 Å². The first kappa shape index (κ1) is 11.7. The normalized spacial score (nSPS) is 10.5. The van der Waals surface area contributed by atoms with E-state index in [1.54, 1.807) is 6.92 Å². The monoisotopic (exact) mass is 252 g/mol. The maximum Gasteiger partial charge on any atom is 0.279 e. The van der Waals surface area contributed by atoms with Crippen LogP contribution < -0.4 is 5.32 Å². The summed E-state index contributed by atoms with van der Waals surface area (Å²) < 4.78 is 4.70. The first-order valence-corrected chi connectivity index (χ1v) is 6.07. The van der Waals surface area contributed by atoms with Crippen LogP contribution in [0.3, 0.4) is 0 Å². The molecule has 2 aromatic rings. The minimum absolute atomic E-state index is 0.275. The number of nitrogens with one attached hydrogen (secondary N) is 1. The maximum atomic E-state index is 11.8. The third-order valence-electron chi connectivity index (χ3n) is 2.11. The molecule has 90 valence electrons. The molecule has 0 aliphatic rings. The molecule has 17 heavy (non-hydrogen) atoms. The highest BCUT2D eigenvalue weighted by Gasteiger charge is 2.15. The van der Waals surface area contributed by atoms with Gasteiger partial charge >= 0.3 is 0 Å². The first-order chi connectivity index (χ1) is 8.20. The van der Waals surface area contributed by atoms with Crippen molar-refractivity contribution in [2.45, 2.75) is 26.7 Å². The van der Waals surface area contributed by atoms with Crippen LogP contribution in [0, 0.1) is 6.92 Å². The summed E-state index contributed by atoms with van der Waals surface area (Å²) in [5.74, 6) is -0.324. The van der Waals surface area contributed by atoms with Crippen molar-refractivity contribution in [3.8, 4) is 0 Å². The van der Waals surface area contributed by atoms with Crippen molar-refractivity contribution >= 4 is 22.4 Å².